The van der Waals surface area contributed by atoms with Gasteiger partial charge in [-0.3, -0.25) is 29.0 Å². The van der Waals surface area contributed by atoms with Gasteiger partial charge in [0.25, 0.3) is 23.6 Å². The van der Waals surface area contributed by atoms with E-state index in [-0.39, 0.29) is 40.7 Å². The summed E-state index contributed by atoms with van der Waals surface area (Å²) in [5.41, 5.74) is 1.82. The molecule has 4 amide bonds. The Hall–Kier alpha value is -5.34. The lowest BCUT2D eigenvalue weighted by atomic mass is 9.80. The Bertz CT molecular complexity index is 2130. The number of fused-ring (bicyclic) bond motifs is 2. The Morgan fingerprint density at radius 2 is 1.13 bits per heavy atom. The topological polar surface area (TPSA) is 103 Å². The van der Waals surface area contributed by atoms with Gasteiger partial charge in [0.1, 0.15) is 0 Å². The molecule has 7 rings (SSSR count). The Balaban J connectivity index is 1.59. The van der Waals surface area contributed by atoms with Gasteiger partial charge >= 0.3 is 0 Å². The fraction of sp³-hybridized carbons (Fsp3) is 0.316. The van der Waals surface area contributed by atoms with Crippen molar-refractivity contribution in [2.45, 2.75) is 78.3 Å². The molecule has 46 heavy (non-hydrogen) atoms. The zero-order valence-electron chi connectivity index (χ0n) is 26.3. The van der Waals surface area contributed by atoms with Crippen LogP contribution < -0.4 is 0 Å². The number of carbonyl (C=O) groups excluding carboxylic acids is 4. The second-order valence-corrected chi connectivity index (χ2v) is 12.7. The summed E-state index contributed by atoms with van der Waals surface area (Å²) in [6.45, 7) is 16.0. The summed E-state index contributed by atoms with van der Waals surface area (Å²) in [7, 11) is 0. The van der Waals surface area contributed by atoms with E-state index in [0.29, 0.717) is 72.6 Å². The zero-order valence-corrected chi connectivity index (χ0v) is 26.3. The smallest absolute Gasteiger partial charge is 0.261 e. The number of imide groups is 2. The summed E-state index contributed by atoms with van der Waals surface area (Å²) >= 11 is 0. The Kier molecular flexibility index (Phi) is 6.79. The average Bonchev–Trinajstić information content (AvgIpc) is 3.06. The third kappa shape index (κ3) is 3.77. The number of benzene rings is 5. The number of amides is 4. The molecule has 0 aliphatic carbocycles. The molecule has 0 saturated carbocycles. The molecule has 0 unspecified atom stereocenters. The predicted octanol–water partition coefficient (Wildman–Crippen LogP) is 8.51. The summed E-state index contributed by atoms with van der Waals surface area (Å²) in [5, 5.41) is 14.8. The first kappa shape index (κ1) is 29.4. The van der Waals surface area contributed by atoms with Crippen LogP contribution in [0.4, 0.5) is 5.69 Å². The van der Waals surface area contributed by atoms with Crippen LogP contribution in [-0.4, -0.2) is 45.5 Å². The molecular formula is C38H32N4O4. The molecule has 2 heterocycles. The number of nitriles is 1. The van der Waals surface area contributed by atoms with Gasteiger partial charge in [0.15, 0.2) is 5.69 Å². The highest BCUT2D eigenvalue weighted by atomic mass is 16.2. The first-order valence-electron chi connectivity index (χ1n) is 16.0. The highest BCUT2D eigenvalue weighted by molar-refractivity contribution is 6.43. The molecule has 8 heteroatoms. The minimum absolute atomic E-state index is 0.234. The van der Waals surface area contributed by atoms with Crippen molar-refractivity contribution in [2.24, 2.45) is 0 Å². The van der Waals surface area contributed by atoms with E-state index in [2.05, 4.69) is 24.8 Å². The molecule has 0 spiro atoms. The number of carbonyl (C=O) groups is 4. The molecule has 2 aliphatic rings. The van der Waals surface area contributed by atoms with E-state index in [1.807, 2.05) is 13.8 Å². The van der Waals surface area contributed by atoms with Crippen LogP contribution in [0, 0.1) is 17.9 Å². The monoisotopic (exact) mass is 608 g/mol. The summed E-state index contributed by atoms with van der Waals surface area (Å²) in [4.78, 5) is 62.4. The molecule has 8 nitrogen and oxygen atoms in total. The lowest BCUT2D eigenvalue weighted by Gasteiger charge is -2.34. The fourth-order valence-electron chi connectivity index (χ4n) is 7.72. The van der Waals surface area contributed by atoms with Gasteiger partial charge in [0.2, 0.25) is 0 Å². The lowest BCUT2D eigenvalue weighted by Crippen LogP contribution is -2.46. The van der Waals surface area contributed by atoms with Crippen LogP contribution in [0.3, 0.4) is 0 Å². The molecule has 0 radical (unpaired) electrons. The SMILES string of the molecule is [C-]#[N+]c1cc2c3c(ccc4c5c(C#N)cc6c7c(ccc(c1c34)c75)C(=O)N([C@@H](C)CCCC)C6=O)C(=O)N([C@@H](C)CCCC)C2=O. The van der Waals surface area contributed by atoms with E-state index in [1.54, 1.807) is 36.4 Å². The van der Waals surface area contributed by atoms with E-state index in [1.165, 1.54) is 9.80 Å². The van der Waals surface area contributed by atoms with Gasteiger partial charge in [0, 0.05) is 44.9 Å². The summed E-state index contributed by atoms with van der Waals surface area (Å²) in [5.74, 6) is -1.62. The third-order valence-corrected chi connectivity index (χ3v) is 9.95. The van der Waals surface area contributed by atoms with Crippen molar-refractivity contribution in [3.63, 3.8) is 0 Å². The van der Waals surface area contributed by atoms with Crippen LogP contribution in [0.25, 0.3) is 47.9 Å². The Morgan fingerprint density at radius 3 is 1.61 bits per heavy atom. The molecule has 0 aromatic heterocycles. The Labute approximate surface area is 266 Å². The third-order valence-electron chi connectivity index (χ3n) is 9.95. The molecule has 0 bridgehead atoms. The molecule has 0 fully saturated rings. The van der Waals surface area contributed by atoms with E-state index in [4.69, 9.17) is 6.57 Å². The molecule has 0 saturated heterocycles. The van der Waals surface area contributed by atoms with Gasteiger partial charge in [-0.15, -0.1) is 0 Å². The van der Waals surface area contributed by atoms with Crippen molar-refractivity contribution in [2.75, 3.05) is 0 Å². The lowest BCUT2D eigenvalue weighted by molar-refractivity contribution is 0.0527. The van der Waals surface area contributed by atoms with Gasteiger partial charge in [0.05, 0.1) is 23.8 Å². The van der Waals surface area contributed by atoms with Crippen molar-refractivity contribution in [1.29, 1.82) is 5.26 Å². The number of hydrogen-bond acceptors (Lipinski definition) is 5. The highest BCUT2D eigenvalue weighted by Crippen LogP contribution is 2.50. The minimum Gasteiger partial charge on any atom is -0.272 e. The van der Waals surface area contributed by atoms with Gasteiger partial charge in [-0.05, 0) is 77.9 Å². The van der Waals surface area contributed by atoms with Crippen LogP contribution in [0.1, 0.15) is 113 Å². The first-order valence-corrected chi connectivity index (χ1v) is 16.0. The fourth-order valence-corrected chi connectivity index (χ4v) is 7.72. The van der Waals surface area contributed by atoms with E-state index >= 15 is 0 Å². The van der Waals surface area contributed by atoms with Crippen molar-refractivity contribution in [3.05, 3.63) is 75.6 Å². The van der Waals surface area contributed by atoms with Crippen LogP contribution in [0.2, 0.25) is 0 Å². The number of nitrogens with zero attached hydrogens (tertiary/aromatic N) is 4. The van der Waals surface area contributed by atoms with Crippen molar-refractivity contribution >= 4 is 72.4 Å². The van der Waals surface area contributed by atoms with Gasteiger partial charge < -0.3 is 0 Å². The number of hydrogen-bond donors (Lipinski definition) is 0. The maximum atomic E-state index is 14.0. The van der Waals surface area contributed by atoms with E-state index in [0.717, 1.165) is 25.7 Å². The normalized spacial score (nSPS) is 15.8. The van der Waals surface area contributed by atoms with Crippen molar-refractivity contribution in [1.82, 2.24) is 9.80 Å². The second kappa shape index (κ2) is 10.6. The number of rotatable bonds is 8. The Morgan fingerprint density at radius 1 is 0.674 bits per heavy atom. The maximum absolute atomic E-state index is 14.0. The quantitative estimate of drug-likeness (QED) is 0.0760. The number of unbranched alkanes of at least 4 members (excludes halogenated alkanes) is 2. The van der Waals surface area contributed by atoms with Crippen LogP contribution >= 0.6 is 0 Å². The molecule has 2 atom stereocenters. The average molecular weight is 609 g/mol. The summed E-state index contributed by atoms with van der Waals surface area (Å²) in [6.07, 6.45) is 4.96. The van der Waals surface area contributed by atoms with Gasteiger partial charge in [-0.2, -0.15) is 5.26 Å². The largest absolute Gasteiger partial charge is 0.272 e. The van der Waals surface area contributed by atoms with Crippen LogP contribution in [0.5, 0.6) is 0 Å². The molecule has 228 valence electrons. The zero-order chi connectivity index (χ0) is 32.6. The van der Waals surface area contributed by atoms with E-state index < -0.39 is 11.8 Å². The summed E-state index contributed by atoms with van der Waals surface area (Å²) < 4.78 is 0. The second-order valence-electron chi connectivity index (χ2n) is 12.7. The van der Waals surface area contributed by atoms with E-state index in [9.17, 15) is 24.4 Å². The minimum atomic E-state index is -0.434. The highest BCUT2D eigenvalue weighted by Gasteiger charge is 2.40. The molecular weight excluding hydrogens is 576 g/mol. The van der Waals surface area contributed by atoms with Crippen LogP contribution in [-0.2, 0) is 0 Å². The maximum Gasteiger partial charge on any atom is 0.261 e. The first-order chi connectivity index (χ1) is 22.2. The van der Waals surface area contributed by atoms with Gasteiger partial charge in [-0.25, -0.2) is 4.85 Å². The molecule has 0 N–H and O–H groups in total. The summed E-state index contributed by atoms with van der Waals surface area (Å²) in [6, 6.07) is 11.8. The van der Waals surface area contributed by atoms with Crippen LogP contribution in [0.15, 0.2) is 36.4 Å². The molecule has 5 aromatic rings. The molecule has 2 aliphatic heterocycles. The molecule has 5 aromatic carbocycles. The standard InChI is InChI=1S/C38H32N4O4/c1-6-8-10-19(3)41-35(43)24-15-13-23-32-28(40-5)17-27-31-25(36(44)42(38(27)46)20(4)11-9-7-2)14-12-22(34(31)32)29-21(18-39)16-26(37(41)45)30(24)33(23)29/h12-17,19-20H,6-11H2,1-4H3/t19-,20-/m0/s1. The van der Waals surface area contributed by atoms with Crippen molar-refractivity contribution in [3.8, 4) is 6.07 Å². The van der Waals surface area contributed by atoms with Crippen molar-refractivity contribution < 1.29 is 19.2 Å². The predicted molar refractivity (Wildman–Crippen MR) is 178 cm³/mol. The van der Waals surface area contributed by atoms with Gasteiger partial charge in [-0.1, -0.05) is 51.7 Å².